The molecule has 0 amide bonds. The molecule has 0 aliphatic carbocycles. The minimum Gasteiger partial charge on any atom is -0.260 e. The Hall–Kier alpha value is -0.790. The maximum Gasteiger partial charge on any atom is 0.547 e. The molecule has 46 valence electrons. The van der Waals surface area contributed by atoms with Gasteiger partial charge < -0.3 is 0 Å². The van der Waals surface area contributed by atoms with Gasteiger partial charge in [0.15, 0.2) is 0 Å². The number of rotatable bonds is 1. The topological polar surface area (TPSA) is 50.2 Å². The molecule has 0 bridgehead atoms. The summed E-state index contributed by atoms with van der Waals surface area (Å²) in [4.78, 5) is 12.2. The van der Waals surface area contributed by atoms with Crippen molar-refractivity contribution in [2.75, 3.05) is 0 Å². The van der Waals surface area contributed by atoms with E-state index in [0.29, 0.717) is 5.30 Å². The first-order valence-electron chi connectivity index (χ1n) is 2.37. The largest absolute Gasteiger partial charge is 0.547 e. The molecule has 1 rings (SSSR count). The molecule has 0 radical (unpaired) electrons. The lowest BCUT2D eigenvalue weighted by Gasteiger charge is -1.76. The van der Waals surface area contributed by atoms with Gasteiger partial charge in [-0.1, -0.05) is 0 Å². The minimum absolute atomic E-state index is 0.368. The molecule has 0 aromatic carbocycles. The van der Waals surface area contributed by atoms with Crippen LogP contribution in [0.4, 0.5) is 0 Å². The van der Waals surface area contributed by atoms with Crippen LogP contribution in [0, 0.1) is 0 Å². The molecule has 1 aromatic rings. The van der Waals surface area contributed by atoms with Crippen molar-refractivity contribution < 1.29 is 9.46 Å². The van der Waals surface area contributed by atoms with E-state index in [2.05, 4.69) is 4.98 Å². The molecule has 0 fully saturated rings. The summed E-state index contributed by atoms with van der Waals surface area (Å²) in [6.07, 6.45) is 2.93. The third-order valence-corrected chi connectivity index (χ3v) is 1.57. The molecule has 1 aromatic heterocycles. The zero-order chi connectivity index (χ0) is 6.69. The van der Waals surface area contributed by atoms with Crippen molar-refractivity contribution in [3.63, 3.8) is 0 Å². The molecule has 1 heterocycles. The van der Waals surface area contributed by atoms with Crippen LogP contribution >= 0.6 is 8.03 Å². The highest BCUT2D eigenvalue weighted by Gasteiger charge is 2.13. The van der Waals surface area contributed by atoms with Crippen molar-refractivity contribution in [2.24, 2.45) is 0 Å². The van der Waals surface area contributed by atoms with E-state index in [4.69, 9.17) is 4.89 Å². The number of aromatic nitrogens is 1. The zero-order valence-electron chi connectivity index (χ0n) is 4.56. The molecule has 0 aliphatic rings. The molecule has 1 atom stereocenters. The van der Waals surface area contributed by atoms with Gasteiger partial charge in [-0.05, 0) is 16.7 Å². The standard InChI is InChI=1S/C5H4NO2P/c7-9(8)5-2-1-3-6-4-5/h1-4H/p+1. The Morgan fingerprint density at radius 3 is 2.78 bits per heavy atom. The molecule has 4 heteroatoms. The van der Waals surface area contributed by atoms with Crippen molar-refractivity contribution >= 4 is 13.3 Å². The van der Waals surface area contributed by atoms with Crippen molar-refractivity contribution in [3.8, 4) is 0 Å². The third kappa shape index (κ3) is 1.56. The Labute approximate surface area is 53.2 Å². The molecule has 9 heavy (non-hydrogen) atoms. The molecule has 0 saturated carbocycles. The molecule has 0 saturated heterocycles. The van der Waals surface area contributed by atoms with E-state index < -0.39 is 8.03 Å². The minimum atomic E-state index is -2.21. The molecule has 1 N–H and O–H groups in total. The first kappa shape index (κ1) is 6.33. The first-order chi connectivity index (χ1) is 4.30. The van der Waals surface area contributed by atoms with Crippen LogP contribution in [-0.2, 0) is 4.57 Å². The second-order valence-electron chi connectivity index (χ2n) is 1.48. The predicted molar refractivity (Wildman–Crippen MR) is 33.7 cm³/mol. The number of hydrogen-bond donors (Lipinski definition) is 1. The highest BCUT2D eigenvalue weighted by Crippen LogP contribution is 2.09. The van der Waals surface area contributed by atoms with Gasteiger partial charge in [0.05, 0.1) is 6.20 Å². The van der Waals surface area contributed by atoms with Crippen LogP contribution in [0.5, 0.6) is 0 Å². The van der Waals surface area contributed by atoms with Crippen LogP contribution in [0.3, 0.4) is 0 Å². The fraction of sp³-hybridized carbons (Fsp3) is 0. The lowest BCUT2D eigenvalue weighted by molar-refractivity contribution is 0.513. The molecule has 3 nitrogen and oxygen atoms in total. The van der Waals surface area contributed by atoms with E-state index in [1.165, 1.54) is 6.20 Å². The van der Waals surface area contributed by atoms with Gasteiger partial charge in [-0.15, -0.1) is 0 Å². The van der Waals surface area contributed by atoms with Gasteiger partial charge in [0.2, 0.25) is 5.30 Å². The average Bonchev–Trinajstić information content (AvgIpc) is 1.90. The predicted octanol–water partition coefficient (Wildman–Crippen LogP) is 0.442. The zero-order valence-corrected chi connectivity index (χ0v) is 5.45. The van der Waals surface area contributed by atoms with Gasteiger partial charge in [0, 0.05) is 6.20 Å². The quantitative estimate of drug-likeness (QED) is 0.579. The molecular formula is C5H5NO2P+. The highest BCUT2D eigenvalue weighted by molar-refractivity contribution is 7.47. The lowest BCUT2D eigenvalue weighted by Crippen LogP contribution is -1.94. The van der Waals surface area contributed by atoms with Gasteiger partial charge in [-0.3, -0.25) is 4.98 Å². The molecule has 0 aliphatic heterocycles. The number of pyridine rings is 1. The maximum absolute atomic E-state index is 10.3. The summed E-state index contributed by atoms with van der Waals surface area (Å²) >= 11 is 0. The van der Waals surface area contributed by atoms with Crippen LogP contribution in [0.2, 0.25) is 0 Å². The van der Waals surface area contributed by atoms with Gasteiger partial charge >= 0.3 is 8.03 Å². The Bertz CT molecular complexity index is 211. The van der Waals surface area contributed by atoms with E-state index >= 15 is 0 Å². The van der Waals surface area contributed by atoms with Crippen LogP contribution < -0.4 is 5.30 Å². The van der Waals surface area contributed by atoms with Gasteiger partial charge in [-0.25, -0.2) is 0 Å². The fourth-order valence-corrected chi connectivity index (χ4v) is 0.846. The van der Waals surface area contributed by atoms with Gasteiger partial charge in [0.1, 0.15) is 0 Å². The summed E-state index contributed by atoms with van der Waals surface area (Å²) < 4.78 is 10.3. The lowest BCUT2D eigenvalue weighted by atomic mass is 10.5. The van der Waals surface area contributed by atoms with Gasteiger partial charge in [0.25, 0.3) is 0 Å². The van der Waals surface area contributed by atoms with E-state index in [1.807, 2.05) is 0 Å². The van der Waals surface area contributed by atoms with Crippen LogP contribution in [0.1, 0.15) is 0 Å². The smallest absolute Gasteiger partial charge is 0.260 e. The summed E-state index contributed by atoms with van der Waals surface area (Å²) in [5, 5.41) is 0.368. The van der Waals surface area contributed by atoms with Crippen molar-refractivity contribution in [1.82, 2.24) is 4.98 Å². The Morgan fingerprint density at radius 2 is 2.44 bits per heavy atom. The van der Waals surface area contributed by atoms with Crippen LogP contribution in [0.25, 0.3) is 0 Å². The second kappa shape index (κ2) is 2.67. The summed E-state index contributed by atoms with van der Waals surface area (Å²) in [5.74, 6) is 0. The highest BCUT2D eigenvalue weighted by atomic mass is 31.1. The fourth-order valence-electron chi connectivity index (χ4n) is 0.467. The summed E-state index contributed by atoms with van der Waals surface area (Å²) in [5.41, 5.74) is 0. The Kier molecular flexibility index (Phi) is 1.88. The normalized spacial score (nSPS) is 11.0. The van der Waals surface area contributed by atoms with Crippen molar-refractivity contribution in [2.45, 2.75) is 0 Å². The number of nitrogens with zero attached hydrogens (tertiary/aromatic N) is 1. The second-order valence-corrected chi connectivity index (χ2v) is 2.55. The summed E-state index contributed by atoms with van der Waals surface area (Å²) in [6.45, 7) is 0. The molecular weight excluding hydrogens is 137 g/mol. The third-order valence-electron chi connectivity index (χ3n) is 0.867. The molecule has 0 spiro atoms. The molecule has 1 unspecified atom stereocenters. The number of hydrogen-bond acceptors (Lipinski definition) is 2. The van der Waals surface area contributed by atoms with E-state index in [1.54, 1.807) is 18.3 Å². The SMILES string of the molecule is O=[P+](O)c1cccnc1. The van der Waals surface area contributed by atoms with E-state index in [9.17, 15) is 4.57 Å². The summed E-state index contributed by atoms with van der Waals surface area (Å²) in [6, 6.07) is 3.19. The maximum atomic E-state index is 10.3. The Balaban J connectivity index is 2.98. The monoisotopic (exact) mass is 142 g/mol. The van der Waals surface area contributed by atoms with Crippen LogP contribution in [-0.4, -0.2) is 9.88 Å². The first-order valence-corrected chi connectivity index (χ1v) is 3.58. The van der Waals surface area contributed by atoms with Crippen LogP contribution in [0.15, 0.2) is 24.5 Å². The van der Waals surface area contributed by atoms with Crippen molar-refractivity contribution in [1.29, 1.82) is 0 Å². The Morgan fingerprint density at radius 1 is 1.67 bits per heavy atom. The van der Waals surface area contributed by atoms with Crippen molar-refractivity contribution in [3.05, 3.63) is 24.5 Å². The van der Waals surface area contributed by atoms with E-state index in [0.717, 1.165) is 0 Å². The average molecular weight is 142 g/mol. The summed E-state index contributed by atoms with van der Waals surface area (Å²) in [7, 11) is -2.21. The van der Waals surface area contributed by atoms with E-state index in [-0.39, 0.29) is 0 Å². The van der Waals surface area contributed by atoms with Gasteiger partial charge in [-0.2, -0.15) is 4.89 Å².